The van der Waals surface area contributed by atoms with Gasteiger partial charge in [-0.25, -0.2) is 5.48 Å². The van der Waals surface area contributed by atoms with Crippen molar-refractivity contribution < 1.29 is 10.0 Å². The Hall–Kier alpha value is -2.70. The van der Waals surface area contributed by atoms with Crippen LogP contribution in [-0.4, -0.2) is 20.9 Å². The van der Waals surface area contributed by atoms with Crippen molar-refractivity contribution in [1.82, 2.24) is 15.3 Å². The molecule has 0 bridgehead atoms. The van der Waals surface area contributed by atoms with Crippen LogP contribution in [0.25, 0.3) is 16.6 Å². The van der Waals surface area contributed by atoms with Crippen molar-refractivity contribution in [3.05, 3.63) is 71.2 Å². The van der Waals surface area contributed by atoms with Crippen molar-refractivity contribution in [2.75, 3.05) is 0 Å². The lowest BCUT2D eigenvalue weighted by Gasteiger charge is -1.96. The number of amides is 1. The normalized spacial score (nSPS) is 11.0. The first-order chi connectivity index (χ1) is 11.3. The molecule has 0 radical (unpaired) electrons. The Bertz CT molecular complexity index is 821. The second-order valence-electron chi connectivity index (χ2n) is 4.84. The van der Waals surface area contributed by atoms with Gasteiger partial charge in [-0.05, 0) is 23.8 Å². The highest BCUT2D eigenvalue weighted by molar-refractivity contribution is 7.17. The number of nitrogens with one attached hydrogen (secondary N) is 1. The Morgan fingerprint density at radius 1 is 1.22 bits per heavy atom. The summed E-state index contributed by atoms with van der Waals surface area (Å²) in [6.07, 6.45) is 6.00. The molecule has 5 nitrogen and oxygen atoms in total. The van der Waals surface area contributed by atoms with Crippen LogP contribution in [0.15, 0.2) is 60.8 Å². The van der Waals surface area contributed by atoms with E-state index in [4.69, 9.17) is 5.21 Å². The number of rotatable bonds is 5. The maximum Gasteiger partial charge on any atom is 0.284 e. The lowest BCUT2D eigenvalue weighted by molar-refractivity contribution is 0.0711. The van der Waals surface area contributed by atoms with Crippen LogP contribution in [0.2, 0.25) is 0 Å². The molecule has 0 aliphatic carbocycles. The zero-order valence-corrected chi connectivity index (χ0v) is 13.0. The van der Waals surface area contributed by atoms with Gasteiger partial charge in [-0.2, -0.15) is 5.10 Å². The van der Waals surface area contributed by atoms with Crippen LogP contribution in [0.4, 0.5) is 0 Å². The van der Waals surface area contributed by atoms with Crippen LogP contribution in [0.5, 0.6) is 0 Å². The first-order valence-electron chi connectivity index (χ1n) is 7.06. The minimum atomic E-state index is -0.508. The summed E-state index contributed by atoms with van der Waals surface area (Å²) in [5, 5.41) is 13.1. The van der Waals surface area contributed by atoms with E-state index in [1.165, 1.54) is 11.3 Å². The average molecular weight is 325 g/mol. The third kappa shape index (κ3) is 3.74. The molecule has 0 spiro atoms. The van der Waals surface area contributed by atoms with E-state index in [0.717, 1.165) is 16.1 Å². The van der Waals surface area contributed by atoms with Crippen molar-refractivity contribution in [2.24, 2.45) is 0 Å². The molecule has 2 aromatic heterocycles. The highest BCUT2D eigenvalue weighted by Gasteiger charge is 2.10. The summed E-state index contributed by atoms with van der Waals surface area (Å²) in [5.74, 6) is -0.508. The Balaban J connectivity index is 1.67. The number of benzene rings is 1. The Kier molecular flexibility index (Phi) is 4.65. The molecule has 3 aromatic rings. The molecule has 0 aliphatic rings. The molecular weight excluding hydrogens is 310 g/mol. The van der Waals surface area contributed by atoms with Crippen LogP contribution in [0.1, 0.15) is 15.2 Å². The topological polar surface area (TPSA) is 67.2 Å². The van der Waals surface area contributed by atoms with Gasteiger partial charge < -0.3 is 0 Å². The summed E-state index contributed by atoms with van der Waals surface area (Å²) in [6, 6.07) is 15.5. The van der Waals surface area contributed by atoms with Crippen LogP contribution in [-0.2, 0) is 6.54 Å². The Morgan fingerprint density at radius 3 is 2.83 bits per heavy atom. The van der Waals surface area contributed by atoms with Crippen LogP contribution in [0.3, 0.4) is 0 Å². The monoisotopic (exact) mass is 325 g/mol. The van der Waals surface area contributed by atoms with E-state index in [0.29, 0.717) is 11.4 Å². The minimum Gasteiger partial charge on any atom is -0.288 e. The maximum atomic E-state index is 11.4. The number of aromatic nitrogens is 2. The minimum absolute atomic E-state index is 0.445. The van der Waals surface area contributed by atoms with Crippen molar-refractivity contribution >= 4 is 23.3 Å². The molecule has 6 heteroatoms. The number of thiophene rings is 1. The van der Waals surface area contributed by atoms with Crippen molar-refractivity contribution in [2.45, 2.75) is 6.54 Å². The van der Waals surface area contributed by atoms with E-state index in [2.05, 4.69) is 11.2 Å². The fraction of sp³-hybridized carbons (Fsp3) is 0.0588. The number of hydrogen-bond acceptors (Lipinski definition) is 4. The Labute approximate surface area is 137 Å². The van der Waals surface area contributed by atoms with Gasteiger partial charge >= 0.3 is 0 Å². The smallest absolute Gasteiger partial charge is 0.284 e. The molecule has 0 fully saturated rings. The van der Waals surface area contributed by atoms with Gasteiger partial charge in [-0.15, -0.1) is 11.3 Å². The predicted octanol–water partition coefficient (Wildman–Crippen LogP) is 3.44. The van der Waals surface area contributed by atoms with E-state index in [1.54, 1.807) is 11.5 Å². The molecule has 3 rings (SSSR count). The van der Waals surface area contributed by atoms with Gasteiger partial charge in [0.05, 0.1) is 16.3 Å². The molecule has 23 heavy (non-hydrogen) atoms. The van der Waals surface area contributed by atoms with E-state index in [9.17, 15) is 4.79 Å². The molecule has 0 atom stereocenters. The second kappa shape index (κ2) is 7.04. The Morgan fingerprint density at radius 2 is 2.04 bits per heavy atom. The van der Waals surface area contributed by atoms with Crippen LogP contribution < -0.4 is 5.48 Å². The lowest BCUT2D eigenvalue weighted by Crippen LogP contribution is -2.16. The summed E-state index contributed by atoms with van der Waals surface area (Å²) in [7, 11) is 0. The zero-order chi connectivity index (χ0) is 16.1. The summed E-state index contributed by atoms with van der Waals surface area (Å²) in [5.41, 5.74) is 3.59. The first kappa shape index (κ1) is 15.2. The summed E-state index contributed by atoms with van der Waals surface area (Å²) >= 11 is 1.29. The van der Waals surface area contributed by atoms with E-state index in [-0.39, 0.29) is 0 Å². The van der Waals surface area contributed by atoms with Gasteiger partial charge in [0.25, 0.3) is 5.91 Å². The molecule has 2 heterocycles. The van der Waals surface area contributed by atoms with Gasteiger partial charge in [-0.1, -0.05) is 42.5 Å². The lowest BCUT2D eigenvalue weighted by atomic mass is 10.2. The number of carbonyl (C=O) groups excluding carboxylic acids is 1. The van der Waals surface area contributed by atoms with Gasteiger partial charge in [-0.3, -0.25) is 14.7 Å². The fourth-order valence-corrected chi connectivity index (χ4v) is 2.97. The third-order valence-corrected chi connectivity index (χ3v) is 4.33. The van der Waals surface area contributed by atoms with Gasteiger partial charge in [0.1, 0.15) is 5.69 Å². The number of hydroxylamine groups is 1. The summed E-state index contributed by atoms with van der Waals surface area (Å²) in [4.78, 5) is 12.7. The van der Waals surface area contributed by atoms with Gasteiger partial charge in [0, 0.05) is 6.20 Å². The number of allylic oxidation sites excluding steroid dienone is 1. The summed E-state index contributed by atoms with van der Waals surface area (Å²) < 4.78 is 1.83. The van der Waals surface area contributed by atoms with Gasteiger partial charge in [0.2, 0.25) is 0 Å². The molecule has 1 aromatic carbocycles. The SMILES string of the molecule is O=C(NO)c1ccc(-c2ccn(C/C=C/c3ccccc3)n2)s1. The molecule has 0 saturated carbocycles. The third-order valence-electron chi connectivity index (χ3n) is 3.23. The quantitative estimate of drug-likeness (QED) is 0.558. The van der Waals surface area contributed by atoms with Crippen molar-refractivity contribution in [3.63, 3.8) is 0 Å². The summed E-state index contributed by atoms with van der Waals surface area (Å²) in [6.45, 7) is 0.671. The highest BCUT2D eigenvalue weighted by atomic mass is 32.1. The number of nitrogens with zero attached hydrogens (tertiary/aromatic N) is 2. The predicted molar refractivity (Wildman–Crippen MR) is 90.3 cm³/mol. The number of carbonyl (C=O) groups is 1. The molecule has 1 amide bonds. The second-order valence-corrected chi connectivity index (χ2v) is 5.92. The molecule has 0 unspecified atom stereocenters. The zero-order valence-electron chi connectivity index (χ0n) is 12.2. The van der Waals surface area contributed by atoms with E-state index < -0.39 is 5.91 Å². The largest absolute Gasteiger partial charge is 0.288 e. The standard InChI is InChI=1S/C17H15N3O2S/c21-17(19-22)16-9-8-15(23-16)14-10-12-20(18-14)11-4-7-13-5-2-1-3-6-13/h1-10,12,22H,11H2,(H,19,21)/b7-4+. The average Bonchev–Trinajstić information content (AvgIpc) is 3.24. The molecule has 116 valence electrons. The molecule has 0 saturated heterocycles. The molecule has 2 N–H and O–H groups in total. The van der Waals surface area contributed by atoms with Crippen LogP contribution in [0, 0.1) is 0 Å². The number of hydrogen-bond donors (Lipinski definition) is 2. The maximum absolute atomic E-state index is 11.4. The van der Waals surface area contributed by atoms with Crippen molar-refractivity contribution in [3.8, 4) is 10.6 Å². The van der Waals surface area contributed by atoms with Gasteiger partial charge in [0.15, 0.2) is 0 Å². The van der Waals surface area contributed by atoms with E-state index >= 15 is 0 Å². The molecule has 0 aliphatic heterocycles. The van der Waals surface area contributed by atoms with E-state index in [1.807, 2.05) is 59.4 Å². The first-order valence-corrected chi connectivity index (χ1v) is 7.87. The van der Waals surface area contributed by atoms with Crippen LogP contribution >= 0.6 is 11.3 Å². The van der Waals surface area contributed by atoms with Crippen molar-refractivity contribution in [1.29, 1.82) is 0 Å². The highest BCUT2D eigenvalue weighted by Crippen LogP contribution is 2.26. The fourth-order valence-electron chi connectivity index (χ4n) is 2.11. The molecular formula is C17H15N3O2S.